The van der Waals surface area contributed by atoms with Crippen LogP contribution in [0.5, 0.6) is 0 Å². The first-order chi connectivity index (χ1) is 10.5. The van der Waals surface area contributed by atoms with E-state index in [9.17, 15) is 9.59 Å². The molecule has 22 heavy (non-hydrogen) atoms. The zero-order valence-corrected chi connectivity index (χ0v) is 13.0. The van der Waals surface area contributed by atoms with Gasteiger partial charge in [-0.25, -0.2) is 0 Å². The van der Waals surface area contributed by atoms with Gasteiger partial charge in [0.1, 0.15) is 0 Å². The minimum atomic E-state index is -0.212. The lowest BCUT2D eigenvalue weighted by Crippen LogP contribution is -2.48. The summed E-state index contributed by atoms with van der Waals surface area (Å²) >= 11 is 0. The molecule has 2 amide bonds. The molecule has 1 saturated heterocycles. The van der Waals surface area contributed by atoms with Gasteiger partial charge in [0.05, 0.1) is 12.2 Å². The van der Waals surface area contributed by atoms with Crippen LogP contribution < -0.4 is 5.32 Å². The number of carbonyl (C=O) groups is 2. The molecular formula is C17H22N2O3. The molecule has 1 fully saturated rings. The minimum absolute atomic E-state index is 0.0173. The third kappa shape index (κ3) is 4.18. The van der Waals surface area contributed by atoms with Crippen molar-refractivity contribution in [2.24, 2.45) is 0 Å². The van der Waals surface area contributed by atoms with E-state index in [0.717, 1.165) is 5.56 Å². The first kappa shape index (κ1) is 16.2. The van der Waals surface area contributed by atoms with Crippen molar-refractivity contribution in [2.45, 2.75) is 32.6 Å². The Morgan fingerprint density at radius 3 is 2.41 bits per heavy atom. The Hall–Kier alpha value is -2.14. The fraction of sp³-hybridized carbons (Fsp3) is 0.412. The molecule has 0 spiro atoms. The molecule has 1 aliphatic heterocycles. The van der Waals surface area contributed by atoms with Crippen molar-refractivity contribution in [3.63, 3.8) is 0 Å². The fourth-order valence-electron chi connectivity index (χ4n) is 2.55. The standard InChI is InChI=1S/C17H22N2O3/c1-4-16(20)18-9-14-5-7-15(8-6-14)17(21)19-10-12(2)22-13(3)11-19/h4-8,12-13H,1,9-11H2,2-3H3,(H,18,20)/t12-,13+. The summed E-state index contributed by atoms with van der Waals surface area (Å²) in [6, 6.07) is 7.29. The zero-order valence-electron chi connectivity index (χ0n) is 13.0. The highest BCUT2D eigenvalue weighted by molar-refractivity contribution is 5.94. The Bertz CT molecular complexity index is 544. The van der Waals surface area contributed by atoms with Gasteiger partial charge in [-0.1, -0.05) is 18.7 Å². The average molecular weight is 302 g/mol. The number of morpholine rings is 1. The Morgan fingerprint density at radius 1 is 1.27 bits per heavy atom. The van der Waals surface area contributed by atoms with Gasteiger partial charge in [-0.2, -0.15) is 0 Å². The summed E-state index contributed by atoms with van der Waals surface area (Å²) in [6.07, 6.45) is 1.35. The Labute approximate surface area is 130 Å². The number of hydrogen-bond acceptors (Lipinski definition) is 3. The topological polar surface area (TPSA) is 58.6 Å². The largest absolute Gasteiger partial charge is 0.372 e. The molecule has 2 rings (SSSR count). The molecule has 1 aromatic carbocycles. The summed E-state index contributed by atoms with van der Waals surface area (Å²) < 4.78 is 5.64. The van der Waals surface area contributed by atoms with E-state index < -0.39 is 0 Å². The molecule has 1 aliphatic rings. The normalized spacial score (nSPS) is 21.3. The highest BCUT2D eigenvalue weighted by Crippen LogP contribution is 2.15. The predicted octanol–water partition coefficient (Wildman–Crippen LogP) is 1.74. The van der Waals surface area contributed by atoms with Crippen LogP contribution in [0.25, 0.3) is 0 Å². The lowest BCUT2D eigenvalue weighted by atomic mass is 10.1. The van der Waals surface area contributed by atoms with Crippen molar-refractivity contribution >= 4 is 11.8 Å². The molecule has 1 N–H and O–H groups in total. The Kier molecular flexibility index (Phi) is 5.33. The number of hydrogen-bond donors (Lipinski definition) is 1. The van der Waals surface area contributed by atoms with Gasteiger partial charge in [0.2, 0.25) is 5.91 Å². The molecule has 0 bridgehead atoms. The zero-order chi connectivity index (χ0) is 16.1. The van der Waals surface area contributed by atoms with Crippen LogP contribution in [0.4, 0.5) is 0 Å². The molecule has 0 unspecified atom stereocenters. The van der Waals surface area contributed by atoms with Crippen LogP contribution in [0, 0.1) is 0 Å². The van der Waals surface area contributed by atoms with E-state index in [1.54, 1.807) is 12.1 Å². The van der Waals surface area contributed by atoms with Crippen LogP contribution in [0.1, 0.15) is 29.8 Å². The number of carbonyl (C=O) groups excluding carboxylic acids is 2. The number of rotatable bonds is 4. The SMILES string of the molecule is C=CC(=O)NCc1ccc(C(=O)N2C[C@@H](C)O[C@@H](C)C2)cc1. The number of ether oxygens (including phenoxy) is 1. The van der Waals surface area contributed by atoms with Crippen molar-refractivity contribution in [1.29, 1.82) is 0 Å². The van der Waals surface area contributed by atoms with Crippen LogP contribution in [0.2, 0.25) is 0 Å². The maximum atomic E-state index is 12.5. The van der Waals surface area contributed by atoms with E-state index in [2.05, 4.69) is 11.9 Å². The smallest absolute Gasteiger partial charge is 0.254 e. The Morgan fingerprint density at radius 2 is 1.86 bits per heavy atom. The molecule has 1 heterocycles. The molecule has 2 atom stereocenters. The van der Waals surface area contributed by atoms with Crippen molar-refractivity contribution < 1.29 is 14.3 Å². The number of nitrogens with zero attached hydrogens (tertiary/aromatic N) is 1. The minimum Gasteiger partial charge on any atom is -0.372 e. The molecule has 0 aliphatic carbocycles. The molecule has 5 heteroatoms. The second kappa shape index (κ2) is 7.22. The maximum Gasteiger partial charge on any atom is 0.254 e. The van der Waals surface area contributed by atoms with Crippen molar-refractivity contribution in [3.8, 4) is 0 Å². The van der Waals surface area contributed by atoms with E-state index in [1.165, 1.54) is 6.08 Å². The first-order valence-corrected chi connectivity index (χ1v) is 7.43. The lowest BCUT2D eigenvalue weighted by Gasteiger charge is -2.35. The van der Waals surface area contributed by atoms with Crippen LogP contribution in [-0.2, 0) is 16.1 Å². The molecule has 118 valence electrons. The molecule has 5 nitrogen and oxygen atoms in total. The monoisotopic (exact) mass is 302 g/mol. The van der Waals surface area contributed by atoms with Crippen LogP contribution in [0.15, 0.2) is 36.9 Å². The number of amides is 2. The van der Waals surface area contributed by atoms with E-state index in [0.29, 0.717) is 25.2 Å². The van der Waals surface area contributed by atoms with Gasteiger partial charge in [-0.3, -0.25) is 9.59 Å². The molecule has 0 aromatic heterocycles. The van der Waals surface area contributed by atoms with Crippen molar-refractivity contribution in [1.82, 2.24) is 10.2 Å². The second-order valence-electron chi connectivity index (χ2n) is 5.59. The van der Waals surface area contributed by atoms with E-state index in [1.807, 2.05) is 30.9 Å². The van der Waals surface area contributed by atoms with Gasteiger partial charge in [-0.05, 0) is 37.6 Å². The number of nitrogens with one attached hydrogen (secondary N) is 1. The fourth-order valence-corrected chi connectivity index (χ4v) is 2.55. The highest BCUT2D eigenvalue weighted by atomic mass is 16.5. The summed E-state index contributed by atoms with van der Waals surface area (Å²) in [5.41, 5.74) is 1.59. The van der Waals surface area contributed by atoms with Gasteiger partial charge in [-0.15, -0.1) is 0 Å². The summed E-state index contributed by atoms with van der Waals surface area (Å²) in [6.45, 7) is 8.99. The lowest BCUT2D eigenvalue weighted by molar-refractivity contribution is -0.116. The van der Waals surface area contributed by atoms with Gasteiger partial charge < -0.3 is 15.0 Å². The summed E-state index contributed by atoms with van der Waals surface area (Å²) in [4.78, 5) is 25.5. The van der Waals surface area contributed by atoms with Crippen LogP contribution in [-0.4, -0.2) is 42.0 Å². The quantitative estimate of drug-likeness (QED) is 0.862. The third-order valence-corrected chi connectivity index (χ3v) is 3.56. The summed E-state index contributed by atoms with van der Waals surface area (Å²) in [7, 11) is 0. The van der Waals surface area contributed by atoms with E-state index in [-0.39, 0.29) is 24.0 Å². The first-order valence-electron chi connectivity index (χ1n) is 7.43. The molecular weight excluding hydrogens is 280 g/mol. The average Bonchev–Trinajstić information content (AvgIpc) is 2.51. The second-order valence-corrected chi connectivity index (χ2v) is 5.59. The van der Waals surface area contributed by atoms with Crippen molar-refractivity contribution in [2.75, 3.05) is 13.1 Å². The van der Waals surface area contributed by atoms with Crippen LogP contribution >= 0.6 is 0 Å². The van der Waals surface area contributed by atoms with Gasteiger partial charge >= 0.3 is 0 Å². The van der Waals surface area contributed by atoms with Gasteiger partial charge in [0.15, 0.2) is 0 Å². The molecule has 0 radical (unpaired) electrons. The van der Waals surface area contributed by atoms with Crippen molar-refractivity contribution in [3.05, 3.63) is 48.0 Å². The third-order valence-electron chi connectivity index (χ3n) is 3.56. The molecule has 1 aromatic rings. The number of benzene rings is 1. The van der Waals surface area contributed by atoms with Gasteiger partial charge in [0, 0.05) is 25.2 Å². The van der Waals surface area contributed by atoms with Gasteiger partial charge in [0.25, 0.3) is 5.91 Å². The summed E-state index contributed by atoms with van der Waals surface area (Å²) in [5, 5.41) is 2.70. The highest BCUT2D eigenvalue weighted by Gasteiger charge is 2.26. The molecule has 0 saturated carbocycles. The maximum absolute atomic E-state index is 12.5. The predicted molar refractivity (Wildman–Crippen MR) is 84.4 cm³/mol. The summed E-state index contributed by atoms with van der Waals surface area (Å²) in [5.74, 6) is -0.194. The Balaban J connectivity index is 1.98. The van der Waals surface area contributed by atoms with E-state index in [4.69, 9.17) is 4.74 Å². The van der Waals surface area contributed by atoms with E-state index >= 15 is 0 Å². The van der Waals surface area contributed by atoms with Crippen LogP contribution in [0.3, 0.4) is 0 Å².